The summed E-state index contributed by atoms with van der Waals surface area (Å²) in [5.74, 6) is 9.49. The summed E-state index contributed by atoms with van der Waals surface area (Å²) in [4.78, 5) is 23.9. The maximum absolute atomic E-state index is 12.1. The molecule has 0 saturated heterocycles. The van der Waals surface area contributed by atoms with Gasteiger partial charge in [0.2, 0.25) is 0 Å². The van der Waals surface area contributed by atoms with Gasteiger partial charge < -0.3 is 4.74 Å². The highest BCUT2D eigenvalue weighted by atomic mass is 16.5. The van der Waals surface area contributed by atoms with E-state index in [0.29, 0.717) is 23.5 Å². The number of ketones is 1. The second-order valence-electron chi connectivity index (χ2n) is 8.59. The predicted molar refractivity (Wildman–Crippen MR) is 100 cm³/mol. The Labute approximate surface area is 156 Å². The zero-order valence-electron chi connectivity index (χ0n) is 15.8. The first-order valence-corrected chi connectivity index (χ1v) is 10.6. The minimum absolute atomic E-state index is 0.113. The average Bonchev–Trinajstić information content (AvgIpc) is 3.04. The van der Waals surface area contributed by atoms with E-state index in [1.165, 1.54) is 31.3 Å². The number of carbonyl (C=O) groups is 2. The molecule has 140 valence electrons. The molecule has 0 N–H and O–H groups in total. The summed E-state index contributed by atoms with van der Waals surface area (Å²) in [5.41, 5.74) is 1.44. The van der Waals surface area contributed by atoms with Crippen LogP contribution in [-0.4, -0.2) is 17.9 Å². The molecule has 3 fully saturated rings. The van der Waals surface area contributed by atoms with Crippen LogP contribution in [0, 0.1) is 41.4 Å². The minimum Gasteiger partial charge on any atom is -0.461 e. The fraction of sp³-hybridized carbons (Fsp3) is 0.739. The van der Waals surface area contributed by atoms with Crippen molar-refractivity contribution in [2.24, 2.45) is 29.6 Å². The molecule has 0 spiro atoms. The molecule has 0 aliphatic heterocycles. The summed E-state index contributed by atoms with van der Waals surface area (Å²) in [6, 6.07) is 0. The first kappa shape index (κ1) is 17.8. The third kappa shape index (κ3) is 3.36. The highest BCUT2D eigenvalue weighted by molar-refractivity contribution is 5.91. The number of esters is 1. The third-order valence-electron chi connectivity index (χ3n) is 7.37. The molecule has 3 nitrogen and oxygen atoms in total. The van der Waals surface area contributed by atoms with E-state index >= 15 is 0 Å². The lowest BCUT2D eigenvalue weighted by Gasteiger charge is -2.49. The fourth-order valence-electron chi connectivity index (χ4n) is 6.40. The van der Waals surface area contributed by atoms with Crippen molar-refractivity contribution in [2.45, 2.75) is 77.2 Å². The molecule has 0 aromatic rings. The SMILES string of the molecule is CCC#CCC(=O)O[C@H]1CC[C@H]2[C@@H]3CCC4=CC(=O)CC[C@@H]4[C@H]3CC[C@@H]21. The number of allylic oxidation sites excluding steroid dienone is 1. The fourth-order valence-corrected chi connectivity index (χ4v) is 6.40. The predicted octanol–water partition coefficient (Wildman–Crippen LogP) is 4.45. The van der Waals surface area contributed by atoms with E-state index in [2.05, 4.69) is 11.8 Å². The Morgan fingerprint density at radius 3 is 2.62 bits per heavy atom. The van der Waals surface area contributed by atoms with Crippen molar-refractivity contribution < 1.29 is 14.3 Å². The van der Waals surface area contributed by atoms with Crippen LogP contribution in [0.25, 0.3) is 0 Å². The molecule has 4 aliphatic carbocycles. The average molecular weight is 354 g/mol. The van der Waals surface area contributed by atoms with Gasteiger partial charge in [-0.3, -0.25) is 9.59 Å². The summed E-state index contributed by atoms with van der Waals surface area (Å²) in [7, 11) is 0. The van der Waals surface area contributed by atoms with Crippen LogP contribution in [0.3, 0.4) is 0 Å². The summed E-state index contributed by atoms with van der Waals surface area (Å²) < 4.78 is 5.83. The molecule has 3 heteroatoms. The maximum Gasteiger partial charge on any atom is 0.318 e. The van der Waals surface area contributed by atoms with Crippen LogP contribution in [0.1, 0.15) is 71.1 Å². The van der Waals surface area contributed by atoms with Gasteiger partial charge in [0.15, 0.2) is 5.78 Å². The molecule has 0 aromatic heterocycles. The third-order valence-corrected chi connectivity index (χ3v) is 7.37. The van der Waals surface area contributed by atoms with Crippen molar-refractivity contribution >= 4 is 11.8 Å². The highest BCUT2D eigenvalue weighted by Gasteiger charge is 2.51. The molecule has 0 unspecified atom stereocenters. The molecule has 0 aromatic carbocycles. The minimum atomic E-state index is -0.140. The van der Waals surface area contributed by atoms with Crippen molar-refractivity contribution in [3.05, 3.63) is 11.6 Å². The van der Waals surface area contributed by atoms with Gasteiger partial charge in [-0.1, -0.05) is 18.4 Å². The Morgan fingerprint density at radius 1 is 1.00 bits per heavy atom. The molecule has 0 heterocycles. The molecule has 6 atom stereocenters. The van der Waals surface area contributed by atoms with Gasteiger partial charge in [-0.05, 0) is 80.6 Å². The van der Waals surface area contributed by atoms with E-state index in [9.17, 15) is 9.59 Å². The lowest BCUT2D eigenvalue weighted by Crippen LogP contribution is -2.43. The topological polar surface area (TPSA) is 43.4 Å². The van der Waals surface area contributed by atoms with E-state index in [-0.39, 0.29) is 18.5 Å². The van der Waals surface area contributed by atoms with Crippen molar-refractivity contribution in [3.63, 3.8) is 0 Å². The second-order valence-corrected chi connectivity index (χ2v) is 8.59. The highest BCUT2D eigenvalue weighted by Crippen LogP contribution is 2.57. The smallest absolute Gasteiger partial charge is 0.318 e. The van der Waals surface area contributed by atoms with Crippen molar-refractivity contribution in [1.29, 1.82) is 0 Å². The first-order valence-electron chi connectivity index (χ1n) is 10.6. The zero-order chi connectivity index (χ0) is 18.1. The lowest BCUT2D eigenvalue weighted by atomic mass is 9.56. The van der Waals surface area contributed by atoms with Crippen LogP contribution in [0.2, 0.25) is 0 Å². The summed E-state index contributed by atoms with van der Waals surface area (Å²) in [6.45, 7) is 1.99. The molecule has 3 saturated carbocycles. The number of hydrogen-bond donors (Lipinski definition) is 0. The van der Waals surface area contributed by atoms with Crippen molar-refractivity contribution in [2.75, 3.05) is 0 Å². The molecule has 0 amide bonds. The number of hydrogen-bond acceptors (Lipinski definition) is 3. The van der Waals surface area contributed by atoms with Gasteiger partial charge in [0, 0.05) is 12.8 Å². The van der Waals surface area contributed by atoms with E-state index < -0.39 is 0 Å². The van der Waals surface area contributed by atoms with Crippen molar-refractivity contribution in [3.8, 4) is 11.8 Å². The van der Waals surface area contributed by atoms with Gasteiger partial charge in [0.05, 0.1) is 0 Å². The molecule has 4 aliphatic rings. The van der Waals surface area contributed by atoms with Crippen LogP contribution in [-0.2, 0) is 14.3 Å². The maximum atomic E-state index is 12.1. The molecule has 0 radical (unpaired) electrons. The summed E-state index contributed by atoms with van der Waals surface area (Å²) in [6.07, 6.45) is 11.9. The van der Waals surface area contributed by atoms with Gasteiger partial charge >= 0.3 is 5.97 Å². The molecular formula is C23H30O3. The van der Waals surface area contributed by atoms with Crippen LogP contribution in [0.15, 0.2) is 11.6 Å². The van der Waals surface area contributed by atoms with Gasteiger partial charge in [-0.15, -0.1) is 5.92 Å². The Bertz CT molecular complexity index is 665. The Balaban J connectivity index is 1.40. The largest absolute Gasteiger partial charge is 0.461 e. The van der Waals surface area contributed by atoms with Crippen LogP contribution in [0.5, 0.6) is 0 Å². The molecule has 26 heavy (non-hydrogen) atoms. The van der Waals surface area contributed by atoms with Gasteiger partial charge in [-0.25, -0.2) is 0 Å². The van der Waals surface area contributed by atoms with E-state index in [1.807, 2.05) is 13.0 Å². The second kappa shape index (κ2) is 7.59. The number of fused-ring (bicyclic) bond motifs is 5. The van der Waals surface area contributed by atoms with E-state index in [4.69, 9.17) is 4.74 Å². The molecule has 4 rings (SSSR count). The standard InChI is InChI=1S/C23H30O3/c1-2-3-4-5-23(25)26-22-13-12-20-19-8-6-15-14-16(24)7-9-17(15)18(19)10-11-21(20)22/h14,17-22H,2,5-13H2,1H3/t17-,18+,19+,20-,21-,22-/m0/s1. The van der Waals surface area contributed by atoms with Gasteiger partial charge in [-0.2, -0.15) is 0 Å². The van der Waals surface area contributed by atoms with E-state index in [1.54, 1.807) is 0 Å². The molecule has 0 bridgehead atoms. The quantitative estimate of drug-likeness (QED) is 0.543. The Hall–Kier alpha value is -1.56. The monoisotopic (exact) mass is 354 g/mol. The lowest BCUT2D eigenvalue weighted by molar-refractivity contribution is -0.151. The van der Waals surface area contributed by atoms with E-state index in [0.717, 1.165) is 43.9 Å². The molecular weight excluding hydrogens is 324 g/mol. The van der Waals surface area contributed by atoms with Crippen LogP contribution < -0.4 is 0 Å². The number of carbonyl (C=O) groups excluding carboxylic acids is 2. The van der Waals surface area contributed by atoms with Gasteiger partial charge in [0.25, 0.3) is 0 Å². The van der Waals surface area contributed by atoms with Crippen LogP contribution in [0.4, 0.5) is 0 Å². The zero-order valence-corrected chi connectivity index (χ0v) is 15.8. The number of ether oxygens (including phenoxy) is 1. The summed E-state index contributed by atoms with van der Waals surface area (Å²) in [5, 5.41) is 0. The normalized spacial score (nSPS) is 38.2. The van der Waals surface area contributed by atoms with Gasteiger partial charge in [0.1, 0.15) is 12.5 Å². The Kier molecular flexibility index (Phi) is 5.20. The summed E-state index contributed by atoms with van der Waals surface area (Å²) >= 11 is 0. The number of rotatable bonds is 2. The Morgan fingerprint density at radius 2 is 1.77 bits per heavy atom. The van der Waals surface area contributed by atoms with Crippen LogP contribution >= 0.6 is 0 Å². The van der Waals surface area contributed by atoms with Crippen molar-refractivity contribution in [1.82, 2.24) is 0 Å². The first-order chi connectivity index (χ1) is 12.7.